The number of hydrogen-bond donors (Lipinski definition) is 5. The van der Waals surface area contributed by atoms with Crippen molar-refractivity contribution < 1.29 is 57.8 Å². The Kier molecular flexibility index (Phi) is 10.9. The molecule has 0 radical (unpaired) electrons. The largest absolute Gasteiger partial charge is 0.464 e. The molecule has 0 saturated heterocycles. The second-order valence-electron chi connectivity index (χ2n) is 11.8. The average molecular weight is 867 g/mol. The third-order valence-corrected chi connectivity index (χ3v) is 8.51. The highest BCUT2D eigenvalue weighted by molar-refractivity contribution is 7.91. The van der Waals surface area contributed by atoms with E-state index in [1.807, 2.05) is 9.97 Å². The van der Waals surface area contributed by atoms with Crippen LogP contribution in [0.5, 0.6) is 0 Å². The fraction of sp³-hybridized carbons (Fsp3) is 0.207. The SMILES string of the molecule is COC(=O)c1cn(-c2cc3c(=O)n(NS(C)(=O)=O)c(=O)[nH]c3cc2C(F)(F)F)cn1.CS(=O)(=O)Nn1c(=O)[nH]c2cc(C(F)(F)F)c(-n3cnc(CO)c3)cc2c1=O. The standard InChI is InChI=1S/C15H12F3N5O6S.C14H12F3N5O5S/c1-29-13(25)10-5-22(6-19-10)11-3-7-9(4-8(11)15(16,17)18)20-14(26)23(12(7)24)21-30(2,27)28;1-28(26,27)20-22-12(24)8-2-11(21-4-7(5-23)18-6-21)9(14(15,16)17)3-10(8)19-13(22)25/h3-6,21H,1-2H3,(H,20,26);2-4,6,20,23H,5H2,1H3,(H,19,25). The molecule has 0 atom stereocenters. The number of methoxy groups -OCH3 is 1. The predicted octanol–water partition coefficient (Wildman–Crippen LogP) is 0.0737. The van der Waals surface area contributed by atoms with Gasteiger partial charge in [0.1, 0.15) is 6.33 Å². The fourth-order valence-corrected chi connectivity index (χ4v) is 6.12. The molecule has 0 aliphatic carbocycles. The number of ether oxygens (including phenoxy) is 1. The minimum Gasteiger partial charge on any atom is -0.464 e. The van der Waals surface area contributed by atoms with Gasteiger partial charge in [0.05, 0.1) is 82.6 Å². The summed E-state index contributed by atoms with van der Waals surface area (Å²) in [6, 6.07) is 2.73. The number of esters is 1. The molecule has 0 bridgehead atoms. The number of aliphatic hydroxyl groups excluding tert-OH is 1. The summed E-state index contributed by atoms with van der Waals surface area (Å²) in [5.41, 5.74) is -9.52. The number of aromatic amines is 2. The van der Waals surface area contributed by atoms with E-state index < -0.39 is 106 Å². The molecule has 6 aromatic rings. The van der Waals surface area contributed by atoms with Gasteiger partial charge in [-0.1, -0.05) is 0 Å². The number of imidazole rings is 2. The lowest BCUT2D eigenvalue weighted by atomic mass is 10.1. The van der Waals surface area contributed by atoms with Crippen molar-refractivity contribution in [2.45, 2.75) is 19.0 Å². The van der Waals surface area contributed by atoms with Crippen LogP contribution in [0.4, 0.5) is 26.3 Å². The number of hydrogen-bond acceptors (Lipinski definition) is 13. The van der Waals surface area contributed by atoms with E-state index in [4.69, 9.17) is 5.11 Å². The third kappa shape index (κ3) is 8.94. The average Bonchev–Trinajstić information content (AvgIpc) is 3.80. The van der Waals surface area contributed by atoms with Crippen LogP contribution in [0.2, 0.25) is 0 Å². The Balaban J connectivity index is 0.000000221. The van der Waals surface area contributed by atoms with E-state index in [0.29, 0.717) is 24.6 Å². The van der Waals surface area contributed by atoms with Gasteiger partial charge in [-0.25, -0.2) is 50.8 Å². The quantitative estimate of drug-likeness (QED) is 0.100. The Morgan fingerprint density at radius 2 is 1.16 bits per heavy atom. The maximum Gasteiger partial charge on any atom is 0.418 e. The normalized spacial score (nSPS) is 12.3. The Labute approximate surface area is 316 Å². The third-order valence-electron chi connectivity index (χ3n) is 7.48. The van der Waals surface area contributed by atoms with Gasteiger partial charge in [-0.2, -0.15) is 35.7 Å². The minimum atomic E-state index is -4.91. The number of benzene rings is 2. The van der Waals surface area contributed by atoms with Crippen LogP contribution in [0.15, 0.2) is 68.5 Å². The van der Waals surface area contributed by atoms with Gasteiger partial charge >= 0.3 is 29.7 Å². The molecule has 0 aliphatic heterocycles. The van der Waals surface area contributed by atoms with Gasteiger partial charge in [-0.05, 0) is 24.3 Å². The topological polar surface area (TPSA) is 284 Å². The molecule has 58 heavy (non-hydrogen) atoms. The van der Waals surface area contributed by atoms with Crippen molar-refractivity contribution in [3.8, 4) is 11.4 Å². The van der Waals surface area contributed by atoms with Crippen LogP contribution in [-0.4, -0.2) is 86.0 Å². The van der Waals surface area contributed by atoms with E-state index in [1.54, 1.807) is 9.66 Å². The monoisotopic (exact) mass is 866 g/mol. The zero-order valence-corrected chi connectivity index (χ0v) is 30.8. The molecule has 0 amide bonds. The molecule has 2 aromatic carbocycles. The number of nitrogens with one attached hydrogen (secondary N) is 4. The van der Waals surface area contributed by atoms with Crippen LogP contribution in [0.3, 0.4) is 0 Å². The maximum absolute atomic E-state index is 13.6. The Morgan fingerprint density at radius 3 is 1.52 bits per heavy atom. The summed E-state index contributed by atoms with van der Waals surface area (Å²) in [6.45, 7) is -0.514. The summed E-state index contributed by atoms with van der Waals surface area (Å²) >= 11 is 0. The minimum absolute atomic E-state index is 0.0887. The van der Waals surface area contributed by atoms with Crippen molar-refractivity contribution in [3.63, 3.8) is 0 Å². The maximum atomic E-state index is 13.6. The molecule has 29 heteroatoms. The lowest BCUT2D eigenvalue weighted by molar-refractivity contribution is -0.138. The molecule has 6 rings (SSSR count). The van der Waals surface area contributed by atoms with Crippen molar-refractivity contribution in [2.75, 3.05) is 29.3 Å². The molecular formula is C29H24F6N10O11S2. The lowest BCUT2D eigenvalue weighted by Gasteiger charge is -2.15. The Morgan fingerprint density at radius 1 is 0.741 bits per heavy atom. The zero-order valence-electron chi connectivity index (χ0n) is 29.1. The van der Waals surface area contributed by atoms with Crippen LogP contribution >= 0.6 is 0 Å². The number of rotatable bonds is 8. The summed E-state index contributed by atoms with van der Waals surface area (Å²) in [5.74, 6) is -0.896. The second-order valence-corrected chi connectivity index (χ2v) is 15.2. The summed E-state index contributed by atoms with van der Waals surface area (Å²) in [6.07, 6.45) is -4.36. The molecule has 0 fully saturated rings. The fourth-order valence-electron chi connectivity index (χ4n) is 5.13. The summed E-state index contributed by atoms with van der Waals surface area (Å²) in [5, 5.41) is 8.26. The van der Waals surface area contributed by atoms with Crippen LogP contribution in [0, 0.1) is 0 Å². The number of carbonyl (C=O) groups excluding carboxylic acids is 1. The smallest absolute Gasteiger partial charge is 0.418 e. The van der Waals surface area contributed by atoms with Gasteiger partial charge in [0.15, 0.2) is 5.69 Å². The van der Waals surface area contributed by atoms with Crippen molar-refractivity contribution >= 4 is 47.8 Å². The van der Waals surface area contributed by atoms with Gasteiger partial charge in [-0.3, -0.25) is 9.59 Å². The zero-order chi connectivity index (χ0) is 43.3. The van der Waals surface area contributed by atoms with Gasteiger partial charge in [0.25, 0.3) is 11.1 Å². The van der Waals surface area contributed by atoms with E-state index in [2.05, 4.69) is 14.7 Å². The molecule has 5 N–H and O–H groups in total. The first-order valence-electron chi connectivity index (χ1n) is 15.3. The lowest BCUT2D eigenvalue weighted by Crippen LogP contribution is -2.43. The highest BCUT2D eigenvalue weighted by atomic mass is 32.2. The molecule has 310 valence electrons. The first-order chi connectivity index (χ1) is 26.7. The highest BCUT2D eigenvalue weighted by Gasteiger charge is 2.36. The number of carbonyl (C=O) groups is 1. The van der Waals surface area contributed by atoms with Gasteiger partial charge in [-0.15, -0.1) is 0 Å². The Bertz CT molecular complexity index is 3090. The number of H-pyrrole nitrogens is 2. The van der Waals surface area contributed by atoms with Crippen molar-refractivity contribution in [2.24, 2.45) is 0 Å². The highest BCUT2D eigenvalue weighted by Crippen LogP contribution is 2.37. The molecule has 21 nitrogen and oxygen atoms in total. The molecule has 0 aliphatic rings. The number of sulfonamides is 2. The molecule has 0 saturated carbocycles. The molecule has 0 spiro atoms. The first kappa shape index (κ1) is 42.4. The number of nitrogens with zero attached hydrogens (tertiary/aromatic N) is 6. The van der Waals surface area contributed by atoms with E-state index in [1.165, 1.54) is 0 Å². The van der Waals surface area contributed by atoms with Crippen LogP contribution in [-0.2, 0) is 43.7 Å². The van der Waals surface area contributed by atoms with Gasteiger partial charge in [0.2, 0.25) is 20.0 Å². The molecule has 4 heterocycles. The summed E-state index contributed by atoms with van der Waals surface area (Å²) < 4.78 is 133. The number of fused-ring (bicyclic) bond motifs is 2. The van der Waals surface area contributed by atoms with E-state index in [-0.39, 0.29) is 26.1 Å². The van der Waals surface area contributed by atoms with Crippen molar-refractivity contribution in [3.05, 3.63) is 114 Å². The predicted molar refractivity (Wildman–Crippen MR) is 188 cm³/mol. The summed E-state index contributed by atoms with van der Waals surface area (Å²) in [4.78, 5) is 75.4. The number of aromatic nitrogens is 8. The molecular weight excluding hydrogens is 842 g/mol. The summed E-state index contributed by atoms with van der Waals surface area (Å²) in [7, 11) is -7.00. The van der Waals surface area contributed by atoms with Gasteiger partial charge in [0, 0.05) is 12.4 Å². The first-order valence-corrected chi connectivity index (χ1v) is 19.0. The molecule has 0 unspecified atom stereocenters. The number of aliphatic hydroxyl groups is 1. The number of alkyl halides is 6. The van der Waals surface area contributed by atoms with E-state index in [9.17, 15) is 67.2 Å². The van der Waals surface area contributed by atoms with E-state index in [0.717, 1.165) is 53.4 Å². The van der Waals surface area contributed by atoms with Crippen molar-refractivity contribution in [1.29, 1.82) is 0 Å². The van der Waals surface area contributed by atoms with Crippen molar-refractivity contribution in [1.82, 2.24) is 38.4 Å². The number of halogens is 6. The second kappa shape index (κ2) is 15.0. The van der Waals surface area contributed by atoms with Crippen LogP contribution in [0.25, 0.3) is 33.2 Å². The Hall–Kier alpha value is -6.75. The van der Waals surface area contributed by atoms with Crippen LogP contribution < -0.4 is 32.2 Å². The van der Waals surface area contributed by atoms with Gasteiger partial charge < -0.3 is 28.9 Å². The molecule has 4 aromatic heterocycles. The van der Waals surface area contributed by atoms with E-state index >= 15 is 0 Å². The van der Waals surface area contributed by atoms with Crippen LogP contribution in [0.1, 0.15) is 27.3 Å².